The van der Waals surface area contributed by atoms with E-state index in [0.717, 1.165) is 27.9 Å². The predicted octanol–water partition coefficient (Wildman–Crippen LogP) is 3.90. The van der Waals surface area contributed by atoms with E-state index >= 15 is 0 Å². The summed E-state index contributed by atoms with van der Waals surface area (Å²) in [6, 6.07) is 5.73. The summed E-state index contributed by atoms with van der Waals surface area (Å²) in [5.74, 6) is -0.0502. The molecular weight excluding hydrogens is 422 g/mol. The quantitative estimate of drug-likeness (QED) is 0.577. The zero-order valence-electron chi connectivity index (χ0n) is 16.9. The molecule has 0 saturated carbocycles. The zero-order valence-corrected chi connectivity index (χ0v) is 18.5. The molecule has 2 aromatic heterocycles. The van der Waals surface area contributed by atoms with E-state index in [4.69, 9.17) is 11.6 Å². The summed E-state index contributed by atoms with van der Waals surface area (Å²) in [7, 11) is 0. The molecule has 3 aromatic rings. The first-order chi connectivity index (χ1) is 14.4. The number of rotatable bonds is 7. The van der Waals surface area contributed by atoms with Gasteiger partial charge in [0.25, 0.3) is 0 Å². The van der Waals surface area contributed by atoms with Crippen molar-refractivity contribution in [3.8, 4) is 0 Å². The Balaban J connectivity index is 1.33. The third kappa shape index (κ3) is 4.65. The highest BCUT2D eigenvalue weighted by Gasteiger charge is 2.34. The van der Waals surface area contributed by atoms with Gasteiger partial charge in [0, 0.05) is 48.1 Å². The van der Waals surface area contributed by atoms with E-state index in [-0.39, 0.29) is 24.2 Å². The Morgan fingerprint density at radius 1 is 1.40 bits per heavy atom. The standard InChI is InChI=1S/C21H24ClN5O2S/c1-12(2)7-18-25-26-21(30-18)24-20(29)14-8-19(28)27(11-14)6-5-13-10-23-17-4-3-15(22)9-16(13)17/h3-4,9-10,12,14,23H,5-8,11H2,1-2H3,(H,24,26,29)/t14-/m1/s1. The van der Waals surface area contributed by atoms with Gasteiger partial charge in [0.15, 0.2) is 0 Å². The predicted molar refractivity (Wildman–Crippen MR) is 119 cm³/mol. The van der Waals surface area contributed by atoms with Crippen molar-refractivity contribution in [2.75, 3.05) is 18.4 Å². The highest BCUT2D eigenvalue weighted by molar-refractivity contribution is 7.15. The van der Waals surface area contributed by atoms with Gasteiger partial charge in [-0.3, -0.25) is 9.59 Å². The first-order valence-corrected chi connectivity index (χ1v) is 11.2. The number of H-pyrrole nitrogens is 1. The number of halogens is 1. The van der Waals surface area contributed by atoms with Crippen molar-refractivity contribution in [3.63, 3.8) is 0 Å². The monoisotopic (exact) mass is 445 g/mol. The number of nitrogens with one attached hydrogen (secondary N) is 2. The summed E-state index contributed by atoms with van der Waals surface area (Å²) in [6.45, 7) is 5.22. The molecular formula is C21H24ClN5O2S. The first kappa shape index (κ1) is 20.8. The highest BCUT2D eigenvalue weighted by atomic mass is 35.5. The number of aromatic amines is 1. The largest absolute Gasteiger partial charge is 0.361 e. The molecule has 4 rings (SSSR count). The number of carbonyl (C=O) groups is 2. The van der Waals surface area contributed by atoms with Gasteiger partial charge in [-0.25, -0.2) is 0 Å². The number of carbonyl (C=O) groups excluding carboxylic acids is 2. The fourth-order valence-electron chi connectivity index (χ4n) is 3.72. The summed E-state index contributed by atoms with van der Waals surface area (Å²) in [6.07, 6.45) is 3.72. The Morgan fingerprint density at radius 3 is 3.03 bits per heavy atom. The smallest absolute Gasteiger partial charge is 0.231 e. The van der Waals surface area contributed by atoms with E-state index in [1.54, 1.807) is 4.90 Å². The van der Waals surface area contributed by atoms with Gasteiger partial charge >= 0.3 is 0 Å². The number of hydrogen-bond acceptors (Lipinski definition) is 5. The molecule has 0 aliphatic carbocycles. The summed E-state index contributed by atoms with van der Waals surface area (Å²) < 4.78 is 0. The lowest BCUT2D eigenvalue weighted by molar-refractivity contribution is -0.128. The van der Waals surface area contributed by atoms with Gasteiger partial charge in [-0.2, -0.15) is 0 Å². The van der Waals surface area contributed by atoms with Gasteiger partial charge in [-0.1, -0.05) is 36.8 Å². The van der Waals surface area contributed by atoms with Gasteiger partial charge in [-0.15, -0.1) is 10.2 Å². The number of likely N-dealkylation sites (tertiary alicyclic amines) is 1. The Labute approximate surface area is 183 Å². The molecule has 1 fully saturated rings. The van der Waals surface area contributed by atoms with Gasteiger partial charge in [0.2, 0.25) is 16.9 Å². The molecule has 1 aromatic carbocycles. The summed E-state index contributed by atoms with van der Waals surface area (Å²) in [4.78, 5) is 30.0. The van der Waals surface area contributed by atoms with Crippen molar-refractivity contribution in [3.05, 3.63) is 40.0 Å². The summed E-state index contributed by atoms with van der Waals surface area (Å²) >= 11 is 7.51. The van der Waals surface area contributed by atoms with Crippen molar-refractivity contribution in [2.24, 2.45) is 11.8 Å². The molecule has 3 heterocycles. The van der Waals surface area contributed by atoms with Gasteiger partial charge in [-0.05, 0) is 36.1 Å². The maximum atomic E-state index is 12.6. The van der Waals surface area contributed by atoms with Crippen LogP contribution in [0.1, 0.15) is 30.8 Å². The first-order valence-electron chi connectivity index (χ1n) is 10.1. The molecule has 0 spiro atoms. The minimum Gasteiger partial charge on any atom is -0.361 e. The van der Waals surface area contributed by atoms with Gasteiger partial charge in [0.1, 0.15) is 5.01 Å². The average Bonchev–Trinajstić information content (AvgIpc) is 3.39. The van der Waals surface area contributed by atoms with Crippen LogP contribution in [-0.2, 0) is 22.4 Å². The fourth-order valence-corrected chi connectivity index (χ4v) is 4.85. The molecule has 0 unspecified atom stereocenters. The van der Waals surface area contributed by atoms with Crippen LogP contribution in [0.15, 0.2) is 24.4 Å². The third-order valence-corrected chi connectivity index (χ3v) is 6.34. The van der Waals surface area contributed by atoms with Crippen LogP contribution in [0.5, 0.6) is 0 Å². The minimum absolute atomic E-state index is 0.00536. The molecule has 1 aliphatic heterocycles. The van der Waals surface area contributed by atoms with Crippen molar-refractivity contribution < 1.29 is 9.59 Å². The molecule has 30 heavy (non-hydrogen) atoms. The van der Waals surface area contributed by atoms with Crippen LogP contribution in [0.25, 0.3) is 10.9 Å². The second kappa shape index (κ2) is 8.73. The zero-order chi connectivity index (χ0) is 21.3. The van der Waals surface area contributed by atoms with E-state index in [9.17, 15) is 9.59 Å². The Bertz CT molecular complexity index is 1080. The molecule has 9 heteroatoms. The number of aromatic nitrogens is 3. The van der Waals surface area contributed by atoms with Crippen molar-refractivity contribution in [2.45, 2.75) is 33.1 Å². The molecule has 7 nitrogen and oxygen atoms in total. The lowest BCUT2D eigenvalue weighted by atomic mass is 10.1. The third-order valence-electron chi connectivity index (χ3n) is 5.25. The number of hydrogen-bond donors (Lipinski definition) is 2. The van der Waals surface area contributed by atoms with Crippen LogP contribution >= 0.6 is 22.9 Å². The number of anilines is 1. The number of amides is 2. The molecule has 1 atom stereocenters. The van der Waals surface area contributed by atoms with Crippen LogP contribution in [0.4, 0.5) is 5.13 Å². The number of fused-ring (bicyclic) bond motifs is 1. The van der Waals surface area contributed by atoms with Crippen LogP contribution in [0.3, 0.4) is 0 Å². The maximum Gasteiger partial charge on any atom is 0.231 e. The number of nitrogens with zero attached hydrogens (tertiary/aromatic N) is 3. The van der Waals surface area contributed by atoms with Gasteiger partial charge < -0.3 is 15.2 Å². The van der Waals surface area contributed by atoms with Crippen LogP contribution in [-0.4, -0.2) is 45.0 Å². The van der Waals surface area contributed by atoms with Crippen LogP contribution in [0.2, 0.25) is 5.02 Å². The fraction of sp³-hybridized carbons (Fsp3) is 0.429. The second-order valence-corrected chi connectivity index (χ2v) is 9.58. The highest BCUT2D eigenvalue weighted by Crippen LogP contribution is 2.25. The van der Waals surface area contributed by atoms with Crippen molar-refractivity contribution in [1.82, 2.24) is 20.1 Å². The summed E-state index contributed by atoms with van der Waals surface area (Å²) in [5, 5.41) is 14.1. The minimum atomic E-state index is -0.368. The van der Waals surface area contributed by atoms with Gasteiger partial charge in [0.05, 0.1) is 5.92 Å². The average molecular weight is 446 g/mol. The van der Waals surface area contributed by atoms with E-state index in [2.05, 4.69) is 34.3 Å². The lowest BCUT2D eigenvalue weighted by Crippen LogP contribution is -2.30. The lowest BCUT2D eigenvalue weighted by Gasteiger charge is -2.16. The van der Waals surface area contributed by atoms with Crippen LogP contribution < -0.4 is 5.32 Å². The van der Waals surface area contributed by atoms with E-state index < -0.39 is 0 Å². The molecule has 158 valence electrons. The molecule has 2 N–H and O–H groups in total. The molecule has 0 radical (unpaired) electrons. The Morgan fingerprint density at radius 2 is 2.23 bits per heavy atom. The van der Waals surface area contributed by atoms with E-state index in [0.29, 0.717) is 35.6 Å². The molecule has 1 saturated heterocycles. The number of benzene rings is 1. The van der Waals surface area contributed by atoms with Crippen molar-refractivity contribution >= 4 is 50.8 Å². The normalized spacial score (nSPS) is 16.7. The van der Waals surface area contributed by atoms with Crippen LogP contribution in [0, 0.1) is 11.8 Å². The van der Waals surface area contributed by atoms with E-state index in [1.165, 1.54) is 11.3 Å². The molecule has 2 amide bonds. The second-order valence-electron chi connectivity index (χ2n) is 8.08. The molecule has 1 aliphatic rings. The van der Waals surface area contributed by atoms with E-state index in [1.807, 2.05) is 24.4 Å². The Kier molecular flexibility index (Phi) is 6.06. The summed E-state index contributed by atoms with van der Waals surface area (Å²) in [5.41, 5.74) is 2.13. The molecule has 0 bridgehead atoms. The SMILES string of the molecule is CC(C)Cc1nnc(NC(=O)[C@@H]2CC(=O)N(CCc3c[nH]c4ccc(Cl)cc34)C2)s1. The maximum absolute atomic E-state index is 12.6. The van der Waals surface area contributed by atoms with Crippen molar-refractivity contribution in [1.29, 1.82) is 0 Å². The Hall–Kier alpha value is -2.45. The topological polar surface area (TPSA) is 91.0 Å².